The van der Waals surface area contributed by atoms with Crippen molar-refractivity contribution < 1.29 is 18.9 Å². The van der Waals surface area contributed by atoms with Crippen LogP contribution in [0.2, 0.25) is 0 Å². The van der Waals surface area contributed by atoms with Crippen LogP contribution in [0.1, 0.15) is 0 Å². The van der Waals surface area contributed by atoms with Crippen LogP contribution in [0.4, 0.5) is 0 Å². The molecule has 0 spiro atoms. The highest BCUT2D eigenvalue weighted by atomic mass is 16.6. The predicted molar refractivity (Wildman–Crippen MR) is 29.3 cm³/mol. The molecule has 0 radical (unpaired) electrons. The maximum atomic E-state index is 10.0. The second-order valence-electron chi connectivity index (χ2n) is 0.983. The van der Waals surface area contributed by atoms with Crippen molar-refractivity contribution in [2.24, 2.45) is 0 Å². The number of rotatable bonds is 0. The van der Waals surface area contributed by atoms with Gasteiger partial charge in [0.1, 0.15) is 0 Å². The molecule has 0 aliphatic carbocycles. The zero-order valence-electron chi connectivity index (χ0n) is 4.63. The van der Waals surface area contributed by atoms with Crippen LogP contribution in [0.25, 0.3) is 0 Å². The van der Waals surface area contributed by atoms with E-state index in [0.717, 1.165) is 16.1 Å². The third-order valence-electron chi connectivity index (χ3n) is 0.537. The van der Waals surface area contributed by atoms with Crippen molar-refractivity contribution in [1.29, 1.82) is 0 Å². The number of carbonyl (C=O) groups excluding carboxylic acids is 2. The molecule has 0 aromatic heterocycles. The lowest BCUT2D eigenvalue weighted by atomic mass is 10.5. The average Bonchev–Trinajstić information content (AvgIpc) is 1.84. The number of hydrogen-bond acceptors (Lipinski definition) is 4. The Morgan fingerprint density at radius 2 is 1.25 bits per heavy atom. The smallest absolute Gasteiger partial charge is 0.397 e. The standard InChI is InChI=1S/C2H4B2O4/c3-7-1(5)2(6)8-4/h3-4H2. The Labute approximate surface area is 48.0 Å². The Balaban J connectivity index is 3.64. The normalized spacial score (nSPS) is 7.50. The summed E-state index contributed by atoms with van der Waals surface area (Å²) < 4.78 is 7.98. The zero-order valence-corrected chi connectivity index (χ0v) is 4.63. The molecule has 0 aromatic rings. The van der Waals surface area contributed by atoms with Crippen LogP contribution in [0.3, 0.4) is 0 Å². The van der Waals surface area contributed by atoms with E-state index in [2.05, 4.69) is 9.31 Å². The summed E-state index contributed by atoms with van der Waals surface area (Å²) in [5.41, 5.74) is 0. The molecule has 0 aliphatic rings. The summed E-state index contributed by atoms with van der Waals surface area (Å²) in [7, 11) is 2.22. The second kappa shape index (κ2) is 3.12. The molecule has 6 heteroatoms. The molecule has 0 atom stereocenters. The van der Waals surface area contributed by atoms with Crippen molar-refractivity contribution in [3.05, 3.63) is 0 Å². The van der Waals surface area contributed by atoms with E-state index in [0.29, 0.717) is 0 Å². The Morgan fingerprint density at radius 3 is 1.38 bits per heavy atom. The summed E-state index contributed by atoms with van der Waals surface area (Å²) in [6, 6.07) is 0. The van der Waals surface area contributed by atoms with E-state index < -0.39 is 11.9 Å². The van der Waals surface area contributed by atoms with Gasteiger partial charge >= 0.3 is 28.0 Å². The fourth-order valence-corrected chi connectivity index (χ4v) is 0.167. The van der Waals surface area contributed by atoms with E-state index in [4.69, 9.17) is 0 Å². The zero-order chi connectivity index (χ0) is 6.57. The van der Waals surface area contributed by atoms with Crippen molar-refractivity contribution in [2.45, 2.75) is 0 Å². The third kappa shape index (κ3) is 1.68. The highest BCUT2D eigenvalue weighted by molar-refractivity contribution is 6.36. The van der Waals surface area contributed by atoms with E-state index in [-0.39, 0.29) is 0 Å². The molecular weight excluding hydrogens is 110 g/mol. The molecule has 0 saturated carbocycles. The Morgan fingerprint density at radius 1 is 1.00 bits per heavy atom. The molecule has 0 aliphatic heterocycles. The van der Waals surface area contributed by atoms with Gasteiger partial charge in [0.05, 0.1) is 0 Å². The summed E-state index contributed by atoms with van der Waals surface area (Å²) >= 11 is 0. The monoisotopic (exact) mass is 114 g/mol. The molecule has 0 saturated heterocycles. The summed E-state index contributed by atoms with van der Waals surface area (Å²) in [4.78, 5) is 20.1. The predicted octanol–water partition coefficient (Wildman–Crippen LogP) is -2.83. The molecular formula is C2H4B2O4. The minimum Gasteiger partial charge on any atom is -0.535 e. The van der Waals surface area contributed by atoms with Crippen molar-refractivity contribution in [2.75, 3.05) is 0 Å². The summed E-state index contributed by atoms with van der Waals surface area (Å²) in [6.07, 6.45) is 0. The summed E-state index contributed by atoms with van der Waals surface area (Å²) in [6.45, 7) is 0. The van der Waals surface area contributed by atoms with Gasteiger partial charge in [0.25, 0.3) is 0 Å². The average molecular weight is 114 g/mol. The molecule has 0 unspecified atom stereocenters. The van der Waals surface area contributed by atoms with E-state index in [9.17, 15) is 9.59 Å². The van der Waals surface area contributed by atoms with Gasteiger partial charge in [-0.25, -0.2) is 9.59 Å². The topological polar surface area (TPSA) is 52.6 Å². The first kappa shape index (κ1) is 7.07. The van der Waals surface area contributed by atoms with Crippen LogP contribution >= 0.6 is 0 Å². The molecule has 0 aromatic carbocycles. The quantitative estimate of drug-likeness (QED) is 0.251. The largest absolute Gasteiger partial charge is 0.535 e. The fourth-order valence-electron chi connectivity index (χ4n) is 0.167. The van der Waals surface area contributed by atoms with E-state index in [1.54, 1.807) is 0 Å². The van der Waals surface area contributed by atoms with Gasteiger partial charge in [0, 0.05) is 0 Å². The molecule has 42 valence electrons. The van der Waals surface area contributed by atoms with Gasteiger partial charge in [-0.3, -0.25) is 0 Å². The SMILES string of the molecule is BOC(=O)C(=O)OB. The van der Waals surface area contributed by atoms with Gasteiger partial charge < -0.3 is 9.31 Å². The van der Waals surface area contributed by atoms with E-state index >= 15 is 0 Å². The molecule has 0 N–H and O–H groups in total. The third-order valence-corrected chi connectivity index (χ3v) is 0.537. The molecule has 0 bridgehead atoms. The van der Waals surface area contributed by atoms with Crippen LogP contribution in [0, 0.1) is 0 Å². The summed E-state index contributed by atoms with van der Waals surface area (Å²) in [5, 5.41) is 0. The maximum absolute atomic E-state index is 10.0. The van der Waals surface area contributed by atoms with E-state index in [1.165, 1.54) is 0 Å². The Hall–Kier alpha value is -0.930. The molecule has 0 amide bonds. The van der Waals surface area contributed by atoms with Gasteiger partial charge in [0.2, 0.25) is 0 Å². The molecule has 0 rings (SSSR count). The fraction of sp³-hybridized carbons (Fsp3) is 0. The van der Waals surface area contributed by atoms with Crippen molar-refractivity contribution in [3.63, 3.8) is 0 Å². The minimum atomic E-state index is -0.979. The first-order chi connectivity index (χ1) is 3.72. The number of carbonyl (C=O) groups is 2. The van der Waals surface area contributed by atoms with Gasteiger partial charge in [-0.1, -0.05) is 0 Å². The lowest BCUT2D eigenvalue weighted by Crippen LogP contribution is -2.17. The van der Waals surface area contributed by atoms with Crippen LogP contribution in [0.15, 0.2) is 0 Å². The van der Waals surface area contributed by atoms with Gasteiger partial charge in [-0.05, 0) is 0 Å². The van der Waals surface area contributed by atoms with Crippen molar-refractivity contribution in [3.8, 4) is 0 Å². The first-order valence-corrected chi connectivity index (χ1v) is 1.88. The highest BCUT2D eigenvalue weighted by Gasteiger charge is 2.10. The molecule has 8 heavy (non-hydrogen) atoms. The van der Waals surface area contributed by atoms with E-state index in [1.807, 2.05) is 0 Å². The lowest BCUT2D eigenvalue weighted by molar-refractivity contribution is -0.155. The van der Waals surface area contributed by atoms with Gasteiger partial charge in [-0.2, -0.15) is 0 Å². The summed E-state index contributed by atoms with van der Waals surface area (Å²) in [5.74, 6) is -1.96. The van der Waals surface area contributed by atoms with Crippen LogP contribution < -0.4 is 0 Å². The van der Waals surface area contributed by atoms with Gasteiger partial charge in [0.15, 0.2) is 0 Å². The molecule has 4 nitrogen and oxygen atoms in total. The first-order valence-electron chi connectivity index (χ1n) is 1.88. The van der Waals surface area contributed by atoms with Crippen molar-refractivity contribution in [1.82, 2.24) is 0 Å². The molecule has 0 heterocycles. The Bertz CT molecular complexity index is 96.6. The van der Waals surface area contributed by atoms with Gasteiger partial charge in [-0.15, -0.1) is 0 Å². The maximum Gasteiger partial charge on any atom is 0.397 e. The van der Waals surface area contributed by atoms with Crippen molar-refractivity contribution >= 4 is 28.0 Å². The van der Waals surface area contributed by atoms with Crippen LogP contribution in [-0.2, 0) is 18.9 Å². The van der Waals surface area contributed by atoms with Crippen LogP contribution in [-0.4, -0.2) is 28.0 Å². The molecule has 0 fully saturated rings. The minimum absolute atomic E-state index is 0.979. The Kier molecular flexibility index (Phi) is 2.76. The lowest BCUT2D eigenvalue weighted by Gasteiger charge is -1.94. The van der Waals surface area contributed by atoms with Crippen LogP contribution in [0.5, 0.6) is 0 Å². The second-order valence-corrected chi connectivity index (χ2v) is 0.983. The highest BCUT2D eigenvalue weighted by Crippen LogP contribution is 1.74. The number of hydrogen-bond donors (Lipinski definition) is 0.